The molecule has 1 rings (SSSR count). The fraction of sp³-hybridized carbons (Fsp3) is 0.462. The number of nitrogens with one attached hydrogen (secondary N) is 1. The van der Waals surface area contributed by atoms with Crippen LogP contribution >= 0.6 is 0 Å². The van der Waals surface area contributed by atoms with Crippen LogP contribution in [0.4, 0.5) is 5.69 Å². The lowest BCUT2D eigenvalue weighted by atomic mass is 10.2. The Bertz CT molecular complexity index is 586. The quantitative estimate of drug-likeness (QED) is 0.698. The number of primary sulfonamides is 1. The molecular formula is C13H20N2O5S. The van der Waals surface area contributed by atoms with Crippen LogP contribution in [0.25, 0.3) is 0 Å². The Morgan fingerprint density at radius 2 is 2.05 bits per heavy atom. The number of sulfonamides is 1. The number of methoxy groups -OCH3 is 1. The van der Waals surface area contributed by atoms with Gasteiger partial charge in [0, 0.05) is 6.61 Å². The fourth-order valence-electron chi connectivity index (χ4n) is 1.59. The number of carbonyl (C=O) groups excluding carboxylic acids is 1. The van der Waals surface area contributed by atoms with Crippen molar-refractivity contribution in [2.24, 2.45) is 5.14 Å². The lowest BCUT2D eigenvalue weighted by Crippen LogP contribution is -2.16. The molecule has 0 spiro atoms. The smallest absolute Gasteiger partial charge is 0.238 e. The topological polar surface area (TPSA) is 108 Å². The highest BCUT2D eigenvalue weighted by Crippen LogP contribution is 2.27. The number of ether oxygens (including phenoxy) is 2. The number of anilines is 1. The van der Waals surface area contributed by atoms with Gasteiger partial charge in [-0.15, -0.1) is 0 Å². The van der Waals surface area contributed by atoms with E-state index >= 15 is 0 Å². The van der Waals surface area contributed by atoms with Crippen LogP contribution in [0.2, 0.25) is 0 Å². The summed E-state index contributed by atoms with van der Waals surface area (Å²) in [5.41, 5.74) is 0.254. The van der Waals surface area contributed by atoms with Crippen molar-refractivity contribution in [1.29, 1.82) is 0 Å². The molecule has 0 bridgehead atoms. The van der Waals surface area contributed by atoms with E-state index in [1.165, 1.54) is 25.3 Å². The number of rotatable bonds is 8. The molecule has 1 aromatic rings. The van der Waals surface area contributed by atoms with Crippen LogP contribution in [0.5, 0.6) is 5.75 Å². The molecule has 0 aliphatic rings. The standard InChI is InChI=1S/C13H20N2O5S/c1-3-7-20-8-6-13(16)15-11-9-10(21(14,17)18)4-5-12(11)19-2/h4-5,9H,3,6-8H2,1-2H3,(H,15,16)(H2,14,17,18). The van der Waals surface area contributed by atoms with Crippen molar-refractivity contribution in [1.82, 2.24) is 0 Å². The summed E-state index contributed by atoms with van der Waals surface area (Å²) in [6.45, 7) is 2.87. The third kappa shape index (κ3) is 5.70. The Hall–Kier alpha value is -1.64. The second kappa shape index (κ2) is 7.96. The fourth-order valence-corrected chi connectivity index (χ4v) is 2.13. The summed E-state index contributed by atoms with van der Waals surface area (Å²) in [7, 11) is -2.42. The molecule has 1 amide bonds. The molecule has 0 saturated heterocycles. The van der Waals surface area contributed by atoms with Crippen LogP contribution in [0.1, 0.15) is 19.8 Å². The maximum Gasteiger partial charge on any atom is 0.238 e. The predicted octanol–water partition coefficient (Wildman–Crippen LogP) is 1.10. The number of hydrogen-bond acceptors (Lipinski definition) is 5. The van der Waals surface area contributed by atoms with Crippen molar-refractivity contribution in [3.63, 3.8) is 0 Å². The minimum Gasteiger partial charge on any atom is -0.495 e. The molecular weight excluding hydrogens is 296 g/mol. The van der Waals surface area contributed by atoms with E-state index in [0.29, 0.717) is 19.0 Å². The van der Waals surface area contributed by atoms with Gasteiger partial charge in [0.25, 0.3) is 0 Å². The van der Waals surface area contributed by atoms with Crippen molar-refractivity contribution < 1.29 is 22.7 Å². The maximum atomic E-state index is 11.8. The van der Waals surface area contributed by atoms with E-state index in [1.807, 2.05) is 6.92 Å². The summed E-state index contributed by atoms with van der Waals surface area (Å²) < 4.78 is 32.9. The second-order valence-corrected chi connectivity index (χ2v) is 5.88. The molecule has 0 heterocycles. The lowest BCUT2D eigenvalue weighted by Gasteiger charge is -2.11. The van der Waals surface area contributed by atoms with Gasteiger partial charge in [-0.2, -0.15) is 0 Å². The highest BCUT2D eigenvalue weighted by Gasteiger charge is 2.13. The maximum absolute atomic E-state index is 11.8. The second-order valence-electron chi connectivity index (χ2n) is 4.32. The molecule has 0 aromatic heterocycles. The molecule has 21 heavy (non-hydrogen) atoms. The van der Waals surface area contributed by atoms with E-state index in [4.69, 9.17) is 14.6 Å². The molecule has 1 aromatic carbocycles. The number of carbonyl (C=O) groups is 1. The zero-order valence-corrected chi connectivity index (χ0v) is 12.9. The number of amides is 1. The highest BCUT2D eigenvalue weighted by molar-refractivity contribution is 7.89. The summed E-state index contributed by atoms with van der Waals surface area (Å²) >= 11 is 0. The predicted molar refractivity (Wildman–Crippen MR) is 78.7 cm³/mol. The van der Waals surface area contributed by atoms with E-state index in [1.54, 1.807) is 0 Å². The number of benzene rings is 1. The first-order chi connectivity index (χ1) is 9.88. The summed E-state index contributed by atoms with van der Waals surface area (Å²) in [5, 5.41) is 7.65. The van der Waals surface area contributed by atoms with Crippen LogP contribution < -0.4 is 15.2 Å². The Balaban J connectivity index is 2.78. The van der Waals surface area contributed by atoms with Crippen molar-refractivity contribution >= 4 is 21.6 Å². The molecule has 0 aliphatic heterocycles. The molecule has 3 N–H and O–H groups in total. The molecule has 0 atom stereocenters. The Kier molecular flexibility index (Phi) is 6.60. The third-order valence-corrected chi connectivity index (χ3v) is 3.51. The van der Waals surface area contributed by atoms with Gasteiger partial charge in [-0.05, 0) is 24.6 Å². The van der Waals surface area contributed by atoms with Gasteiger partial charge in [-0.1, -0.05) is 6.92 Å². The Morgan fingerprint density at radius 3 is 2.62 bits per heavy atom. The van der Waals surface area contributed by atoms with Crippen LogP contribution in [-0.2, 0) is 19.6 Å². The first-order valence-corrected chi connectivity index (χ1v) is 8.01. The minimum atomic E-state index is -3.84. The van der Waals surface area contributed by atoms with Gasteiger partial charge in [0.1, 0.15) is 5.75 Å². The van der Waals surface area contributed by atoms with Crippen molar-refractivity contribution in [2.45, 2.75) is 24.7 Å². The SMILES string of the molecule is CCCOCCC(=O)Nc1cc(S(N)(=O)=O)ccc1OC. The van der Waals surface area contributed by atoms with E-state index in [-0.39, 0.29) is 22.9 Å². The van der Waals surface area contributed by atoms with Crippen LogP contribution in [0.15, 0.2) is 23.1 Å². The monoisotopic (exact) mass is 316 g/mol. The molecule has 0 unspecified atom stereocenters. The van der Waals surface area contributed by atoms with Crippen molar-refractivity contribution in [3.05, 3.63) is 18.2 Å². The van der Waals surface area contributed by atoms with Crippen LogP contribution in [-0.4, -0.2) is 34.6 Å². The molecule has 7 nitrogen and oxygen atoms in total. The zero-order chi connectivity index (χ0) is 15.9. The van der Waals surface area contributed by atoms with Crippen LogP contribution in [0, 0.1) is 0 Å². The minimum absolute atomic E-state index is 0.0965. The zero-order valence-electron chi connectivity index (χ0n) is 12.1. The lowest BCUT2D eigenvalue weighted by molar-refractivity contribution is -0.117. The molecule has 0 radical (unpaired) electrons. The van der Waals surface area contributed by atoms with E-state index in [0.717, 1.165) is 6.42 Å². The van der Waals surface area contributed by atoms with Gasteiger partial charge in [-0.3, -0.25) is 4.79 Å². The first kappa shape index (κ1) is 17.4. The largest absolute Gasteiger partial charge is 0.495 e. The Morgan fingerprint density at radius 1 is 1.33 bits per heavy atom. The summed E-state index contributed by atoms with van der Waals surface area (Å²) in [5.74, 6) is 0.0567. The van der Waals surface area contributed by atoms with Gasteiger partial charge in [-0.25, -0.2) is 13.6 Å². The van der Waals surface area contributed by atoms with Gasteiger partial charge in [0.2, 0.25) is 15.9 Å². The van der Waals surface area contributed by atoms with Gasteiger partial charge in [0.05, 0.1) is 30.7 Å². The van der Waals surface area contributed by atoms with Crippen molar-refractivity contribution in [2.75, 3.05) is 25.6 Å². The first-order valence-electron chi connectivity index (χ1n) is 6.47. The number of nitrogens with two attached hydrogens (primary N) is 1. The molecule has 8 heteroatoms. The van der Waals surface area contributed by atoms with Gasteiger partial charge < -0.3 is 14.8 Å². The molecule has 118 valence electrons. The highest BCUT2D eigenvalue weighted by atomic mass is 32.2. The normalized spacial score (nSPS) is 11.2. The van der Waals surface area contributed by atoms with E-state index in [2.05, 4.69) is 5.32 Å². The average molecular weight is 316 g/mol. The average Bonchev–Trinajstić information content (AvgIpc) is 2.42. The summed E-state index contributed by atoms with van der Waals surface area (Å²) in [4.78, 5) is 11.7. The molecule has 0 aliphatic carbocycles. The van der Waals surface area contributed by atoms with E-state index in [9.17, 15) is 13.2 Å². The Labute approximate surface area is 124 Å². The summed E-state index contributed by atoms with van der Waals surface area (Å²) in [6.07, 6.45) is 1.05. The third-order valence-electron chi connectivity index (χ3n) is 2.60. The van der Waals surface area contributed by atoms with Gasteiger partial charge in [0.15, 0.2) is 0 Å². The summed E-state index contributed by atoms with van der Waals surface area (Å²) in [6, 6.07) is 4.01. The molecule has 0 saturated carbocycles. The van der Waals surface area contributed by atoms with Crippen molar-refractivity contribution in [3.8, 4) is 5.75 Å². The number of hydrogen-bond donors (Lipinski definition) is 2. The van der Waals surface area contributed by atoms with E-state index < -0.39 is 10.0 Å². The van der Waals surface area contributed by atoms with Crippen LogP contribution in [0.3, 0.4) is 0 Å². The van der Waals surface area contributed by atoms with Gasteiger partial charge >= 0.3 is 0 Å². The molecule has 0 fully saturated rings.